The van der Waals surface area contributed by atoms with Crippen LogP contribution in [-0.2, 0) is 0 Å². The van der Waals surface area contributed by atoms with Gasteiger partial charge in [0, 0.05) is 30.3 Å². The fourth-order valence-corrected chi connectivity index (χ4v) is 4.91. The third-order valence-corrected chi connectivity index (χ3v) is 6.99. The summed E-state index contributed by atoms with van der Waals surface area (Å²) in [6.07, 6.45) is 2.74. The van der Waals surface area contributed by atoms with E-state index < -0.39 is 6.17 Å². The van der Waals surface area contributed by atoms with E-state index in [4.69, 9.17) is 4.74 Å². The predicted molar refractivity (Wildman–Crippen MR) is 135 cm³/mol. The zero-order chi connectivity index (χ0) is 23.9. The number of nitrogens with zero attached hydrogens (tertiary/aromatic N) is 2. The maximum Gasteiger partial charge on any atom is 0.126 e. The number of aromatic nitrogens is 1. The molecule has 1 fully saturated rings. The summed E-state index contributed by atoms with van der Waals surface area (Å²) < 4.78 is 20.7. The maximum absolute atomic E-state index is 15.4. The highest BCUT2D eigenvalue weighted by atomic mass is 19.1. The van der Waals surface area contributed by atoms with Gasteiger partial charge in [0.25, 0.3) is 0 Å². The lowest BCUT2D eigenvalue weighted by molar-refractivity contribution is 0.0708. The van der Waals surface area contributed by atoms with Gasteiger partial charge in [-0.1, -0.05) is 30.0 Å². The third kappa shape index (κ3) is 5.75. The van der Waals surface area contributed by atoms with E-state index in [0.29, 0.717) is 30.2 Å². The summed E-state index contributed by atoms with van der Waals surface area (Å²) in [6.45, 7) is 4.61. The first kappa shape index (κ1) is 24.2. The number of piperidine rings is 1. The summed E-state index contributed by atoms with van der Waals surface area (Å²) in [7, 11) is 1.61. The second kappa shape index (κ2) is 11.5. The molecule has 3 atom stereocenters. The molecule has 3 aromatic rings. The highest BCUT2D eigenvalue weighted by Gasteiger charge is 2.29. The lowest BCUT2D eigenvalue weighted by Crippen LogP contribution is -2.42. The van der Waals surface area contributed by atoms with Crippen LogP contribution in [0.4, 0.5) is 4.39 Å². The summed E-state index contributed by atoms with van der Waals surface area (Å²) in [4.78, 5) is 6.66. The van der Waals surface area contributed by atoms with Crippen molar-refractivity contribution >= 4 is 10.9 Å². The van der Waals surface area contributed by atoms with Crippen molar-refractivity contribution in [3.8, 4) is 17.6 Å². The first-order valence-corrected chi connectivity index (χ1v) is 12.0. The highest BCUT2D eigenvalue weighted by Crippen LogP contribution is 2.35. The number of halogens is 1. The lowest BCUT2D eigenvalue weighted by atomic mass is 9.81. The van der Waals surface area contributed by atoms with Gasteiger partial charge in [-0.25, -0.2) is 4.39 Å². The zero-order valence-electron chi connectivity index (χ0n) is 20.0. The van der Waals surface area contributed by atoms with E-state index in [-0.39, 0.29) is 12.5 Å². The molecule has 1 aromatic heterocycles. The van der Waals surface area contributed by atoms with Gasteiger partial charge in [-0.15, -0.1) is 0 Å². The van der Waals surface area contributed by atoms with Crippen LogP contribution in [0.5, 0.6) is 5.75 Å². The van der Waals surface area contributed by atoms with Gasteiger partial charge < -0.3 is 9.84 Å². The molecule has 1 aliphatic rings. The van der Waals surface area contributed by atoms with E-state index >= 15 is 4.39 Å². The molecule has 34 heavy (non-hydrogen) atoms. The molecular weight excluding hydrogens is 427 g/mol. The number of aryl methyl sites for hydroxylation is 1. The lowest BCUT2D eigenvalue weighted by Gasteiger charge is -2.37. The van der Waals surface area contributed by atoms with E-state index in [9.17, 15) is 5.11 Å². The molecule has 0 saturated carbocycles. The van der Waals surface area contributed by atoms with Gasteiger partial charge in [-0.05, 0) is 86.0 Å². The third-order valence-electron chi connectivity index (χ3n) is 6.99. The van der Waals surface area contributed by atoms with Crippen molar-refractivity contribution in [2.24, 2.45) is 11.8 Å². The number of hydrogen-bond acceptors (Lipinski definition) is 4. The molecule has 1 N–H and O–H groups in total. The van der Waals surface area contributed by atoms with Crippen LogP contribution < -0.4 is 4.74 Å². The van der Waals surface area contributed by atoms with E-state index in [1.165, 1.54) is 5.56 Å². The van der Waals surface area contributed by atoms with Crippen molar-refractivity contribution < 1.29 is 14.2 Å². The van der Waals surface area contributed by atoms with Crippen LogP contribution in [0, 0.1) is 30.6 Å². The summed E-state index contributed by atoms with van der Waals surface area (Å²) in [5, 5.41) is 10.8. The Labute approximate surface area is 201 Å². The minimum atomic E-state index is -1.07. The molecule has 178 valence electrons. The minimum Gasteiger partial charge on any atom is -0.497 e. The van der Waals surface area contributed by atoms with E-state index in [1.807, 2.05) is 36.4 Å². The SMILES string of the molecule is COc1ccc2nccc([C@H](F)CC[C@@H]3CCN(CC#Cc4ccccc4C)C[C@@H]3CO)c2c1. The molecular formula is C29H33FN2O2. The van der Waals surface area contributed by atoms with Crippen LogP contribution in [0.3, 0.4) is 0 Å². The van der Waals surface area contributed by atoms with Crippen molar-refractivity contribution in [2.45, 2.75) is 32.4 Å². The smallest absolute Gasteiger partial charge is 0.126 e. The number of benzene rings is 2. The van der Waals surface area contributed by atoms with Gasteiger partial charge in [0.05, 0.1) is 19.2 Å². The van der Waals surface area contributed by atoms with Gasteiger partial charge in [0.15, 0.2) is 0 Å². The Hall–Kier alpha value is -2.94. The number of pyridine rings is 1. The second-order valence-electron chi connectivity index (χ2n) is 9.17. The Morgan fingerprint density at radius 1 is 1.21 bits per heavy atom. The first-order valence-electron chi connectivity index (χ1n) is 12.0. The number of methoxy groups -OCH3 is 1. The van der Waals surface area contributed by atoms with Gasteiger partial charge in [-0.3, -0.25) is 9.88 Å². The van der Waals surface area contributed by atoms with E-state index in [1.54, 1.807) is 19.4 Å². The van der Waals surface area contributed by atoms with Crippen LogP contribution in [0.25, 0.3) is 10.9 Å². The molecule has 0 amide bonds. The molecule has 5 heteroatoms. The second-order valence-corrected chi connectivity index (χ2v) is 9.17. The predicted octanol–water partition coefficient (Wildman–Crippen LogP) is 5.32. The van der Waals surface area contributed by atoms with Crippen LogP contribution in [0.1, 0.15) is 42.1 Å². The fraction of sp³-hybridized carbons (Fsp3) is 0.414. The van der Waals surface area contributed by atoms with Gasteiger partial charge in [-0.2, -0.15) is 0 Å². The average molecular weight is 461 g/mol. The fourth-order valence-electron chi connectivity index (χ4n) is 4.91. The first-order chi connectivity index (χ1) is 16.6. The normalized spacial score (nSPS) is 19.4. The van der Waals surface area contributed by atoms with Crippen LogP contribution in [-0.4, -0.2) is 48.3 Å². The summed E-state index contributed by atoms with van der Waals surface area (Å²) in [5.41, 5.74) is 3.68. The minimum absolute atomic E-state index is 0.124. The monoisotopic (exact) mass is 460 g/mol. The van der Waals surface area contributed by atoms with Crippen LogP contribution in [0.15, 0.2) is 54.7 Å². The largest absolute Gasteiger partial charge is 0.497 e. The maximum atomic E-state index is 15.4. The molecule has 0 unspecified atom stereocenters. The molecule has 2 heterocycles. The van der Waals surface area contributed by atoms with Crippen molar-refractivity contribution in [1.82, 2.24) is 9.88 Å². The van der Waals surface area contributed by atoms with Gasteiger partial charge >= 0.3 is 0 Å². The molecule has 0 spiro atoms. The Bertz CT molecular complexity index is 1170. The Morgan fingerprint density at radius 3 is 2.85 bits per heavy atom. The molecule has 0 radical (unpaired) electrons. The number of likely N-dealkylation sites (tertiary alicyclic amines) is 1. The Kier molecular flexibility index (Phi) is 8.16. The summed E-state index contributed by atoms with van der Waals surface area (Å²) in [6, 6.07) is 15.5. The van der Waals surface area contributed by atoms with E-state index in [0.717, 1.165) is 42.4 Å². The summed E-state index contributed by atoms with van der Waals surface area (Å²) in [5.74, 6) is 7.72. The Balaban J connectivity index is 1.34. The summed E-state index contributed by atoms with van der Waals surface area (Å²) >= 11 is 0. The van der Waals surface area contributed by atoms with Crippen LogP contribution in [0.2, 0.25) is 0 Å². The van der Waals surface area contributed by atoms with E-state index in [2.05, 4.69) is 34.7 Å². The van der Waals surface area contributed by atoms with Gasteiger partial charge in [0.2, 0.25) is 0 Å². The molecule has 1 aliphatic heterocycles. The number of alkyl halides is 1. The molecule has 0 aliphatic carbocycles. The average Bonchev–Trinajstić information content (AvgIpc) is 2.88. The standard InChI is InChI=1S/C29H33FN2O2/c1-21-6-3-4-7-22(21)8-5-16-32-17-14-23(24(19-32)20-33)9-11-28(30)26-13-15-31-29-12-10-25(34-2)18-27(26)29/h3-4,6-7,10,12-13,15,18,23-24,28,33H,9,11,14,16-17,19-20H2,1-2H3/t23-,24-,28-/m1/s1. The quantitative estimate of drug-likeness (QED) is 0.485. The number of aliphatic hydroxyl groups excluding tert-OH is 1. The number of rotatable bonds is 7. The number of hydrogen-bond donors (Lipinski definition) is 1. The molecule has 1 saturated heterocycles. The molecule has 2 aromatic carbocycles. The van der Waals surface area contributed by atoms with Crippen molar-refractivity contribution in [3.63, 3.8) is 0 Å². The molecule has 4 rings (SSSR count). The number of aliphatic hydroxyl groups is 1. The van der Waals surface area contributed by atoms with Crippen molar-refractivity contribution in [2.75, 3.05) is 33.4 Å². The zero-order valence-corrected chi connectivity index (χ0v) is 20.0. The topological polar surface area (TPSA) is 45.6 Å². The number of ether oxygens (including phenoxy) is 1. The van der Waals surface area contributed by atoms with Crippen molar-refractivity contribution in [1.29, 1.82) is 0 Å². The van der Waals surface area contributed by atoms with Crippen LogP contribution >= 0.6 is 0 Å². The Morgan fingerprint density at radius 2 is 2.06 bits per heavy atom. The van der Waals surface area contributed by atoms with Gasteiger partial charge in [0.1, 0.15) is 11.9 Å². The highest BCUT2D eigenvalue weighted by molar-refractivity contribution is 5.83. The molecule has 0 bridgehead atoms. The molecule has 4 nitrogen and oxygen atoms in total. The van der Waals surface area contributed by atoms with Crippen molar-refractivity contribution in [3.05, 3.63) is 71.4 Å². The number of fused-ring (bicyclic) bond motifs is 1.